The van der Waals surface area contributed by atoms with Gasteiger partial charge in [0, 0.05) is 32.9 Å². The van der Waals surface area contributed by atoms with E-state index in [1.54, 1.807) is 7.11 Å². The molecule has 1 unspecified atom stereocenters. The zero-order valence-electron chi connectivity index (χ0n) is 11.6. The number of ether oxygens (including phenoxy) is 1. The minimum Gasteiger partial charge on any atom is -0.385 e. The van der Waals surface area contributed by atoms with Crippen molar-refractivity contribution in [2.45, 2.75) is 33.2 Å². The third-order valence-corrected chi connectivity index (χ3v) is 2.97. The van der Waals surface area contributed by atoms with Crippen molar-refractivity contribution in [2.24, 2.45) is 5.41 Å². The molecule has 1 atom stereocenters. The first-order chi connectivity index (χ1) is 8.32. The number of rotatable bonds is 8. The molecule has 0 fully saturated rings. The van der Waals surface area contributed by atoms with Gasteiger partial charge in [0.15, 0.2) is 0 Å². The molecule has 0 heterocycles. The molecule has 18 heavy (non-hydrogen) atoms. The molecule has 0 aliphatic heterocycles. The van der Waals surface area contributed by atoms with Crippen molar-refractivity contribution < 1.29 is 14.3 Å². The Morgan fingerprint density at radius 1 is 1.39 bits per heavy atom. The maximum absolute atomic E-state index is 11.8. The fourth-order valence-electron chi connectivity index (χ4n) is 1.36. The van der Waals surface area contributed by atoms with E-state index in [-0.39, 0.29) is 23.0 Å². The van der Waals surface area contributed by atoms with Gasteiger partial charge in [0.05, 0.1) is 0 Å². The first-order valence-electron chi connectivity index (χ1n) is 5.97. The Balaban J connectivity index is 4.17. The second kappa shape index (κ2) is 8.37. The van der Waals surface area contributed by atoms with Crippen LogP contribution in [0.4, 0.5) is 0 Å². The number of carbonyl (C=O) groups excluding carboxylic acids is 2. The van der Waals surface area contributed by atoms with Crippen molar-refractivity contribution in [1.29, 1.82) is 0 Å². The van der Waals surface area contributed by atoms with E-state index in [0.717, 1.165) is 6.42 Å². The minimum absolute atomic E-state index is 0.0386. The molecular formula is C12H24N2O3S. The van der Waals surface area contributed by atoms with Crippen LogP contribution < -0.4 is 10.6 Å². The van der Waals surface area contributed by atoms with Gasteiger partial charge in [0.1, 0.15) is 6.04 Å². The van der Waals surface area contributed by atoms with Gasteiger partial charge in [-0.25, -0.2) is 0 Å². The molecule has 2 amide bonds. The fourth-order valence-corrected chi connectivity index (χ4v) is 1.61. The van der Waals surface area contributed by atoms with Crippen molar-refractivity contribution in [3.63, 3.8) is 0 Å². The quantitative estimate of drug-likeness (QED) is 0.569. The first-order valence-corrected chi connectivity index (χ1v) is 6.60. The highest BCUT2D eigenvalue weighted by molar-refractivity contribution is 7.80. The molecule has 0 aromatic heterocycles. The third kappa shape index (κ3) is 7.55. The topological polar surface area (TPSA) is 67.4 Å². The Hall–Kier alpha value is -0.750. The number of amides is 2. The van der Waals surface area contributed by atoms with Crippen LogP contribution in [0.5, 0.6) is 0 Å². The molecule has 0 saturated heterocycles. The Morgan fingerprint density at radius 2 is 2.00 bits per heavy atom. The normalized spacial score (nSPS) is 12.9. The molecule has 0 aliphatic carbocycles. The lowest BCUT2D eigenvalue weighted by Gasteiger charge is -2.26. The molecule has 0 aromatic rings. The summed E-state index contributed by atoms with van der Waals surface area (Å²) in [4.78, 5) is 22.7. The van der Waals surface area contributed by atoms with Crippen LogP contribution >= 0.6 is 12.6 Å². The molecule has 0 radical (unpaired) electrons. The van der Waals surface area contributed by atoms with E-state index >= 15 is 0 Å². The van der Waals surface area contributed by atoms with E-state index in [1.165, 1.54) is 6.92 Å². The van der Waals surface area contributed by atoms with Crippen LogP contribution in [0.25, 0.3) is 0 Å². The predicted octanol–water partition coefficient (Wildman–Crippen LogP) is 0.600. The number of thiol groups is 1. The molecular weight excluding hydrogens is 252 g/mol. The Morgan fingerprint density at radius 3 is 2.44 bits per heavy atom. The van der Waals surface area contributed by atoms with E-state index in [0.29, 0.717) is 13.2 Å². The lowest BCUT2D eigenvalue weighted by atomic mass is 9.89. The lowest BCUT2D eigenvalue weighted by molar-refractivity contribution is -0.127. The van der Waals surface area contributed by atoms with Gasteiger partial charge < -0.3 is 15.4 Å². The summed E-state index contributed by atoms with van der Waals surface area (Å²) in [5.41, 5.74) is -0.0386. The van der Waals surface area contributed by atoms with Crippen LogP contribution in [-0.2, 0) is 14.3 Å². The smallest absolute Gasteiger partial charge is 0.243 e. The second-order valence-corrected chi connectivity index (χ2v) is 5.43. The van der Waals surface area contributed by atoms with E-state index in [1.807, 2.05) is 0 Å². The van der Waals surface area contributed by atoms with E-state index in [9.17, 15) is 9.59 Å². The summed E-state index contributed by atoms with van der Waals surface area (Å²) in [5.74, 6) is -0.155. The predicted molar refractivity (Wildman–Crippen MR) is 74.7 cm³/mol. The van der Waals surface area contributed by atoms with Crippen molar-refractivity contribution in [1.82, 2.24) is 10.6 Å². The van der Waals surface area contributed by atoms with Gasteiger partial charge in [-0.15, -0.1) is 0 Å². The summed E-state index contributed by atoms with van der Waals surface area (Å²) >= 11 is 4.06. The van der Waals surface area contributed by atoms with Crippen molar-refractivity contribution in [3.8, 4) is 0 Å². The number of methoxy groups -OCH3 is 1. The minimum atomic E-state index is -0.580. The fraction of sp³-hybridized carbons (Fsp3) is 0.833. The molecule has 0 rings (SSSR count). The lowest BCUT2D eigenvalue weighted by Crippen LogP contribution is -2.49. The maximum atomic E-state index is 11.8. The Labute approximate surface area is 114 Å². The summed E-state index contributed by atoms with van der Waals surface area (Å²) in [6.07, 6.45) is 0.857. The third-order valence-electron chi connectivity index (χ3n) is 2.60. The van der Waals surface area contributed by atoms with Gasteiger partial charge in [-0.05, 0) is 11.8 Å². The molecule has 0 aromatic carbocycles. The van der Waals surface area contributed by atoms with Crippen LogP contribution in [0.3, 0.4) is 0 Å². The number of nitrogens with one attached hydrogen (secondary N) is 2. The average molecular weight is 276 g/mol. The standard InChI is InChI=1S/C12H24N2O3S/c1-9(15)14-10(7-18)11(16)13-8-12(2,3)5-6-17-4/h10,18H,5-8H2,1-4H3,(H,13,16)(H,14,15). The highest BCUT2D eigenvalue weighted by atomic mass is 32.1. The molecule has 0 spiro atoms. The largest absolute Gasteiger partial charge is 0.385 e. The van der Waals surface area contributed by atoms with Gasteiger partial charge in [0.25, 0.3) is 0 Å². The second-order valence-electron chi connectivity index (χ2n) is 5.06. The summed E-state index contributed by atoms with van der Waals surface area (Å²) in [6, 6.07) is -0.580. The van der Waals surface area contributed by atoms with E-state index < -0.39 is 6.04 Å². The van der Waals surface area contributed by atoms with Crippen LogP contribution in [0, 0.1) is 5.41 Å². The van der Waals surface area contributed by atoms with Crippen molar-refractivity contribution in [3.05, 3.63) is 0 Å². The van der Waals surface area contributed by atoms with Crippen LogP contribution in [-0.4, -0.2) is 43.9 Å². The number of hydrogen-bond acceptors (Lipinski definition) is 4. The average Bonchev–Trinajstić information content (AvgIpc) is 2.30. The summed E-state index contributed by atoms with van der Waals surface area (Å²) in [7, 11) is 1.66. The zero-order valence-corrected chi connectivity index (χ0v) is 12.5. The molecule has 6 heteroatoms. The van der Waals surface area contributed by atoms with E-state index in [4.69, 9.17) is 4.74 Å². The van der Waals surface area contributed by atoms with Gasteiger partial charge in [0.2, 0.25) is 11.8 Å². The highest BCUT2D eigenvalue weighted by Gasteiger charge is 2.22. The maximum Gasteiger partial charge on any atom is 0.243 e. The van der Waals surface area contributed by atoms with Crippen LogP contribution in [0.2, 0.25) is 0 Å². The SMILES string of the molecule is COCCC(C)(C)CNC(=O)C(CS)NC(C)=O. The van der Waals surface area contributed by atoms with Gasteiger partial charge in [-0.1, -0.05) is 13.8 Å². The molecule has 106 valence electrons. The van der Waals surface area contributed by atoms with Gasteiger partial charge in [-0.2, -0.15) is 12.6 Å². The van der Waals surface area contributed by atoms with E-state index in [2.05, 4.69) is 37.1 Å². The molecule has 0 aliphatic rings. The van der Waals surface area contributed by atoms with Gasteiger partial charge >= 0.3 is 0 Å². The summed E-state index contributed by atoms with van der Waals surface area (Å²) in [6.45, 7) is 6.69. The highest BCUT2D eigenvalue weighted by Crippen LogP contribution is 2.18. The summed E-state index contributed by atoms with van der Waals surface area (Å²) in [5, 5.41) is 5.39. The molecule has 0 saturated carbocycles. The van der Waals surface area contributed by atoms with Crippen molar-refractivity contribution >= 4 is 24.4 Å². The Bertz CT molecular complexity index is 282. The van der Waals surface area contributed by atoms with Gasteiger partial charge in [-0.3, -0.25) is 9.59 Å². The Kier molecular flexibility index (Phi) is 8.02. The molecule has 2 N–H and O–H groups in total. The summed E-state index contributed by atoms with van der Waals surface area (Å²) < 4.78 is 5.02. The first kappa shape index (κ1) is 17.2. The number of hydrogen-bond donors (Lipinski definition) is 3. The number of carbonyl (C=O) groups is 2. The van der Waals surface area contributed by atoms with Crippen LogP contribution in [0.1, 0.15) is 27.2 Å². The van der Waals surface area contributed by atoms with Crippen molar-refractivity contribution in [2.75, 3.05) is 26.0 Å². The van der Waals surface area contributed by atoms with Crippen LogP contribution in [0.15, 0.2) is 0 Å². The molecule has 5 nitrogen and oxygen atoms in total. The zero-order chi connectivity index (χ0) is 14.2. The molecule has 0 bridgehead atoms. The monoisotopic (exact) mass is 276 g/mol.